The Balaban J connectivity index is -0.000000701. The summed E-state index contributed by atoms with van der Waals surface area (Å²) in [7, 11) is 13.8. The normalized spacial score (nSPS) is 12.1. The summed E-state index contributed by atoms with van der Waals surface area (Å²) in [5.74, 6) is -2.75. The molecule has 0 aliphatic rings. The predicted octanol–water partition coefficient (Wildman–Crippen LogP) is 8.94. The number of carbonyl (C=O) groups excluding carboxylic acids is 2. The SMILES string of the molecule is CCCCCCCCCCCCCCCC[N+](C)(C)C.CCCCCCCCCCCCCCCC[N+](C)(C)C.N[C@@H](CCC(=O)[O-])C(=O)[O-]. The molecule has 0 amide bonds. The first-order valence-corrected chi connectivity index (χ1v) is 21.4. The van der Waals surface area contributed by atoms with Crippen LogP contribution in [0.5, 0.6) is 0 Å². The van der Waals surface area contributed by atoms with E-state index in [0.29, 0.717) is 0 Å². The average Bonchev–Trinajstić information content (AvgIpc) is 3.03. The first-order valence-electron chi connectivity index (χ1n) is 21.4. The molecule has 0 aliphatic carbocycles. The summed E-state index contributed by atoms with van der Waals surface area (Å²) in [6, 6.07) is -1.21. The molecule has 302 valence electrons. The highest BCUT2D eigenvalue weighted by molar-refractivity contribution is 5.72. The van der Waals surface area contributed by atoms with Gasteiger partial charge in [0.15, 0.2) is 0 Å². The number of carboxylic acids is 2. The Morgan fingerprint density at radius 3 is 0.840 bits per heavy atom. The molecule has 0 unspecified atom stereocenters. The molecule has 0 heterocycles. The van der Waals surface area contributed by atoms with Crippen LogP contribution in [0.25, 0.3) is 0 Å². The van der Waals surface area contributed by atoms with Crippen LogP contribution in [0.2, 0.25) is 0 Å². The molecule has 1 atom stereocenters. The van der Waals surface area contributed by atoms with E-state index in [2.05, 4.69) is 56.1 Å². The van der Waals surface area contributed by atoms with E-state index in [-0.39, 0.29) is 12.8 Å². The zero-order valence-electron chi connectivity index (χ0n) is 35.3. The van der Waals surface area contributed by atoms with Gasteiger partial charge in [0.2, 0.25) is 0 Å². The van der Waals surface area contributed by atoms with Gasteiger partial charge in [-0.2, -0.15) is 0 Å². The Kier molecular flexibility index (Phi) is 41.5. The van der Waals surface area contributed by atoms with Crippen LogP contribution >= 0.6 is 0 Å². The fourth-order valence-corrected chi connectivity index (χ4v) is 5.95. The van der Waals surface area contributed by atoms with Gasteiger partial charge in [0.25, 0.3) is 0 Å². The molecule has 0 saturated heterocycles. The summed E-state index contributed by atoms with van der Waals surface area (Å²) in [5, 5.41) is 19.6. The first kappa shape index (κ1) is 53.2. The van der Waals surface area contributed by atoms with E-state index in [1.165, 1.54) is 193 Å². The van der Waals surface area contributed by atoms with Crippen molar-refractivity contribution in [3.63, 3.8) is 0 Å². The van der Waals surface area contributed by atoms with Crippen molar-refractivity contribution < 1.29 is 28.8 Å². The van der Waals surface area contributed by atoms with Gasteiger partial charge in [-0.3, -0.25) is 0 Å². The molecule has 50 heavy (non-hydrogen) atoms. The van der Waals surface area contributed by atoms with Crippen LogP contribution in [0.1, 0.15) is 206 Å². The number of rotatable bonds is 34. The smallest absolute Gasteiger partial charge is 0.0780 e. The van der Waals surface area contributed by atoms with E-state index in [1.807, 2.05) is 0 Å². The lowest BCUT2D eigenvalue weighted by Gasteiger charge is -2.23. The van der Waals surface area contributed by atoms with E-state index in [0.717, 1.165) is 8.97 Å². The van der Waals surface area contributed by atoms with Crippen molar-refractivity contribution in [1.82, 2.24) is 0 Å². The van der Waals surface area contributed by atoms with Gasteiger partial charge >= 0.3 is 0 Å². The molecule has 7 nitrogen and oxygen atoms in total. The zero-order chi connectivity index (χ0) is 38.4. The Morgan fingerprint density at radius 2 is 0.660 bits per heavy atom. The second-order valence-corrected chi connectivity index (χ2v) is 17.1. The van der Waals surface area contributed by atoms with Crippen LogP contribution < -0.4 is 15.9 Å². The standard InChI is InChI=1S/2C19H42N.C5H9NO4/c2*1-5-6-7-8-9-10-11-12-13-14-15-16-17-18-19-20(2,3)4;6-3(5(9)10)1-2-4(7)8/h2*5-19H2,1-4H3;3H,1-2,6H2,(H,7,8)(H,9,10)/q2*+1;/p-2/t;;3-/m..0/s1. The summed E-state index contributed by atoms with van der Waals surface area (Å²) in [5.41, 5.74) is 4.91. The quantitative estimate of drug-likeness (QED) is 0.0530. The minimum absolute atomic E-state index is 0.148. The zero-order valence-corrected chi connectivity index (χ0v) is 35.3. The maximum Gasteiger partial charge on any atom is 0.0780 e. The van der Waals surface area contributed by atoms with E-state index in [9.17, 15) is 19.8 Å². The number of aliphatic carboxylic acids is 2. The highest BCUT2D eigenvalue weighted by Crippen LogP contribution is 2.14. The second-order valence-electron chi connectivity index (χ2n) is 17.1. The molecule has 0 saturated carbocycles. The minimum Gasteiger partial charge on any atom is -0.550 e. The predicted molar refractivity (Wildman–Crippen MR) is 214 cm³/mol. The van der Waals surface area contributed by atoms with Gasteiger partial charge in [-0.15, -0.1) is 0 Å². The topological polar surface area (TPSA) is 106 Å². The number of hydrogen-bond donors (Lipinski definition) is 1. The summed E-state index contributed by atoms with van der Waals surface area (Å²) >= 11 is 0. The Morgan fingerprint density at radius 1 is 0.440 bits per heavy atom. The number of carboxylic acid groups (broad SMARTS) is 2. The van der Waals surface area contributed by atoms with Crippen molar-refractivity contribution >= 4 is 11.9 Å². The van der Waals surface area contributed by atoms with Gasteiger partial charge in [-0.25, -0.2) is 0 Å². The van der Waals surface area contributed by atoms with Gasteiger partial charge in [-0.05, 0) is 38.5 Å². The van der Waals surface area contributed by atoms with Gasteiger partial charge in [0.05, 0.1) is 61.3 Å². The Bertz CT molecular complexity index is 661. The maximum atomic E-state index is 9.86. The van der Waals surface area contributed by atoms with Gasteiger partial charge in [-0.1, -0.05) is 168 Å². The molecule has 0 radical (unpaired) electrons. The minimum atomic E-state index is -1.44. The fourth-order valence-electron chi connectivity index (χ4n) is 5.95. The van der Waals surface area contributed by atoms with E-state index in [1.54, 1.807) is 0 Å². The van der Waals surface area contributed by atoms with E-state index in [4.69, 9.17) is 5.73 Å². The average molecular weight is 714 g/mol. The molecule has 0 aliphatic heterocycles. The molecular formula is C43H91N3O4. The highest BCUT2D eigenvalue weighted by atomic mass is 16.4. The molecular weight excluding hydrogens is 622 g/mol. The lowest BCUT2D eigenvalue weighted by Crippen LogP contribution is -2.42. The molecule has 0 rings (SSSR count). The molecule has 0 aromatic carbocycles. The first-order chi connectivity index (χ1) is 23.7. The van der Waals surface area contributed by atoms with Crippen LogP contribution in [-0.4, -0.2) is 82.3 Å². The van der Waals surface area contributed by atoms with Crippen LogP contribution in [-0.2, 0) is 9.59 Å². The van der Waals surface area contributed by atoms with Gasteiger partial charge < -0.3 is 34.5 Å². The Hall–Kier alpha value is -1.18. The number of nitrogens with two attached hydrogens (primary N) is 1. The van der Waals surface area contributed by atoms with Crippen LogP contribution in [0.15, 0.2) is 0 Å². The number of nitrogens with zero attached hydrogens (tertiary/aromatic N) is 2. The van der Waals surface area contributed by atoms with Crippen LogP contribution in [0.4, 0.5) is 0 Å². The van der Waals surface area contributed by atoms with Crippen LogP contribution in [0.3, 0.4) is 0 Å². The highest BCUT2D eigenvalue weighted by Gasteiger charge is 2.06. The molecule has 0 aromatic heterocycles. The third-order valence-electron chi connectivity index (χ3n) is 9.33. The molecule has 0 bridgehead atoms. The lowest BCUT2D eigenvalue weighted by atomic mass is 10.0. The monoisotopic (exact) mass is 714 g/mol. The van der Waals surface area contributed by atoms with E-state index < -0.39 is 18.0 Å². The molecule has 0 spiro atoms. The van der Waals surface area contributed by atoms with Gasteiger partial charge in [0, 0.05) is 12.0 Å². The maximum absolute atomic E-state index is 9.86. The second kappa shape index (κ2) is 39.0. The molecule has 0 aromatic rings. The molecule has 0 fully saturated rings. The number of unbranched alkanes of at least 4 members (excludes halogenated alkanes) is 26. The van der Waals surface area contributed by atoms with Crippen LogP contribution in [0, 0.1) is 0 Å². The van der Waals surface area contributed by atoms with Crippen molar-refractivity contribution in [3.8, 4) is 0 Å². The summed E-state index contributed by atoms with van der Waals surface area (Å²) in [6.45, 7) is 7.25. The fraction of sp³-hybridized carbons (Fsp3) is 0.953. The van der Waals surface area contributed by atoms with Crippen molar-refractivity contribution in [2.75, 3.05) is 55.4 Å². The third-order valence-corrected chi connectivity index (χ3v) is 9.33. The summed E-state index contributed by atoms with van der Waals surface area (Å²) in [6.07, 6.45) is 40.2. The summed E-state index contributed by atoms with van der Waals surface area (Å²) < 4.78 is 2.25. The number of carbonyl (C=O) groups is 2. The van der Waals surface area contributed by atoms with Crippen molar-refractivity contribution in [3.05, 3.63) is 0 Å². The largest absolute Gasteiger partial charge is 0.550 e. The number of hydrogen-bond acceptors (Lipinski definition) is 5. The molecule has 2 N–H and O–H groups in total. The molecule has 7 heteroatoms. The lowest BCUT2D eigenvalue weighted by molar-refractivity contribution is -0.870. The third kappa shape index (κ3) is 56.2. The van der Waals surface area contributed by atoms with Crippen molar-refractivity contribution in [2.45, 2.75) is 213 Å². The van der Waals surface area contributed by atoms with Crippen molar-refractivity contribution in [2.24, 2.45) is 5.73 Å². The van der Waals surface area contributed by atoms with Gasteiger partial charge in [0.1, 0.15) is 0 Å². The Labute approximate surface area is 313 Å². The number of quaternary nitrogens is 2. The van der Waals surface area contributed by atoms with E-state index >= 15 is 0 Å². The summed E-state index contributed by atoms with van der Waals surface area (Å²) in [4.78, 5) is 19.6. The van der Waals surface area contributed by atoms with Crippen molar-refractivity contribution in [1.29, 1.82) is 0 Å².